The molecule has 6 nitrogen and oxygen atoms in total. The maximum Gasteiger partial charge on any atom is 0.419 e. The van der Waals surface area contributed by atoms with Crippen molar-refractivity contribution >= 4 is 12.0 Å². The van der Waals surface area contributed by atoms with Gasteiger partial charge in [0.25, 0.3) is 0 Å². The lowest BCUT2D eigenvalue weighted by Gasteiger charge is -2.19. The Kier molecular flexibility index (Phi) is 2.89. The zero-order valence-corrected chi connectivity index (χ0v) is 9.00. The number of hydrogen-bond acceptors (Lipinski definition) is 4. The van der Waals surface area contributed by atoms with E-state index >= 15 is 0 Å². The van der Waals surface area contributed by atoms with E-state index in [9.17, 15) is 9.59 Å². The van der Waals surface area contributed by atoms with E-state index in [1.807, 2.05) is 0 Å². The molecule has 1 atom stereocenters. The standard InChI is InChI=1S/C10H13N3O3/c1-12-8(2-3-9(12)14)6-16-10(15)13-5-4-11-7-13/h4-5,7-8H,2-3,6H2,1H3/t8-/m1/s1. The summed E-state index contributed by atoms with van der Waals surface area (Å²) in [6.45, 7) is 0.235. The van der Waals surface area contributed by atoms with E-state index in [1.165, 1.54) is 23.3 Å². The first-order valence-electron chi connectivity index (χ1n) is 5.09. The molecule has 86 valence electrons. The molecule has 0 aliphatic carbocycles. The second-order valence-electron chi connectivity index (χ2n) is 3.74. The minimum absolute atomic E-state index is 0.0000265. The first kappa shape index (κ1) is 10.7. The topological polar surface area (TPSA) is 64.4 Å². The molecule has 2 heterocycles. The van der Waals surface area contributed by atoms with Crippen LogP contribution in [0.25, 0.3) is 0 Å². The lowest BCUT2D eigenvalue weighted by atomic mass is 10.2. The normalized spacial score (nSPS) is 20.2. The van der Waals surface area contributed by atoms with Gasteiger partial charge >= 0.3 is 6.09 Å². The van der Waals surface area contributed by atoms with Crippen molar-refractivity contribution in [2.75, 3.05) is 13.7 Å². The highest BCUT2D eigenvalue weighted by atomic mass is 16.5. The summed E-state index contributed by atoms with van der Waals surface area (Å²) in [4.78, 5) is 28.0. The Labute approximate surface area is 92.8 Å². The third kappa shape index (κ3) is 2.05. The molecule has 0 saturated carbocycles. The highest BCUT2D eigenvalue weighted by molar-refractivity contribution is 5.78. The number of aromatic nitrogens is 2. The first-order valence-corrected chi connectivity index (χ1v) is 5.09. The quantitative estimate of drug-likeness (QED) is 0.731. The Morgan fingerprint density at radius 3 is 3.06 bits per heavy atom. The zero-order chi connectivity index (χ0) is 11.5. The number of nitrogens with zero attached hydrogens (tertiary/aromatic N) is 3. The molecule has 0 radical (unpaired) electrons. The second kappa shape index (κ2) is 4.34. The summed E-state index contributed by atoms with van der Waals surface area (Å²) in [6, 6.07) is -0.0000265. The van der Waals surface area contributed by atoms with Gasteiger partial charge in [-0.3, -0.25) is 4.79 Å². The van der Waals surface area contributed by atoms with Gasteiger partial charge in [0, 0.05) is 25.9 Å². The Bertz CT molecular complexity index is 388. The molecule has 0 N–H and O–H groups in total. The molecule has 1 aliphatic heterocycles. The fourth-order valence-corrected chi connectivity index (χ4v) is 1.67. The predicted octanol–water partition coefficient (Wildman–Crippen LogP) is 0.489. The molecule has 0 unspecified atom stereocenters. The van der Waals surface area contributed by atoms with Crippen LogP contribution in [0.2, 0.25) is 0 Å². The summed E-state index contributed by atoms with van der Waals surface area (Å²) < 4.78 is 6.34. The molecular weight excluding hydrogens is 210 g/mol. The van der Waals surface area contributed by atoms with Crippen LogP contribution in [0.3, 0.4) is 0 Å². The molecule has 16 heavy (non-hydrogen) atoms. The number of carbonyl (C=O) groups is 2. The molecule has 6 heteroatoms. The molecule has 1 aromatic rings. The van der Waals surface area contributed by atoms with Gasteiger partial charge in [-0.15, -0.1) is 0 Å². The van der Waals surface area contributed by atoms with Crippen LogP contribution in [0, 0.1) is 0 Å². The minimum atomic E-state index is -0.467. The fraction of sp³-hybridized carbons (Fsp3) is 0.500. The Morgan fingerprint density at radius 1 is 1.69 bits per heavy atom. The average molecular weight is 223 g/mol. The molecule has 1 fully saturated rings. The van der Waals surface area contributed by atoms with Crippen LogP contribution in [-0.4, -0.2) is 46.1 Å². The average Bonchev–Trinajstić information content (AvgIpc) is 2.89. The molecule has 1 saturated heterocycles. The minimum Gasteiger partial charge on any atom is -0.447 e. The Hall–Kier alpha value is -1.85. The van der Waals surface area contributed by atoms with E-state index in [1.54, 1.807) is 11.9 Å². The Balaban J connectivity index is 1.84. The van der Waals surface area contributed by atoms with Gasteiger partial charge in [0.15, 0.2) is 0 Å². The highest BCUT2D eigenvalue weighted by Gasteiger charge is 2.28. The molecular formula is C10H13N3O3. The number of carbonyl (C=O) groups excluding carboxylic acids is 2. The second-order valence-corrected chi connectivity index (χ2v) is 3.74. The molecule has 2 rings (SSSR count). The molecule has 1 aromatic heterocycles. The number of ether oxygens (including phenoxy) is 1. The van der Waals surface area contributed by atoms with Crippen molar-refractivity contribution < 1.29 is 14.3 Å². The van der Waals surface area contributed by atoms with Gasteiger partial charge in [-0.1, -0.05) is 0 Å². The van der Waals surface area contributed by atoms with Crippen LogP contribution in [0.4, 0.5) is 4.79 Å². The van der Waals surface area contributed by atoms with E-state index in [4.69, 9.17) is 4.74 Å². The van der Waals surface area contributed by atoms with Crippen molar-refractivity contribution in [3.8, 4) is 0 Å². The number of likely N-dealkylation sites (tertiary alicyclic amines) is 1. The van der Waals surface area contributed by atoms with Gasteiger partial charge in [0.05, 0.1) is 6.04 Å². The smallest absolute Gasteiger partial charge is 0.419 e. The van der Waals surface area contributed by atoms with Crippen molar-refractivity contribution in [1.29, 1.82) is 0 Å². The van der Waals surface area contributed by atoms with Crippen LogP contribution in [0.5, 0.6) is 0 Å². The Morgan fingerprint density at radius 2 is 2.50 bits per heavy atom. The van der Waals surface area contributed by atoms with E-state index in [0.717, 1.165) is 6.42 Å². The maximum absolute atomic E-state index is 11.4. The molecule has 1 aliphatic rings. The molecule has 0 bridgehead atoms. The summed E-state index contributed by atoms with van der Waals surface area (Å²) in [5.74, 6) is 0.101. The van der Waals surface area contributed by atoms with E-state index < -0.39 is 6.09 Å². The van der Waals surface area contributed by atoms with Gasteiger partial charge in [-0.25, -0.2) is 14.3 Å². The largest absolute Gasteiger partial charge is 0.447 e. The predicted molar refractivity (Wildman–Crippen MR) is 54.8 cm³/mol. The number of amides is 1. The van der Waals surface area contributed by atoms with Gasteiger partial charge in [0.1, 0.15) is 12.9 Å². The van der Waals surface area contributed by atoms with Gasteiger partial charge in [-0.05, 0) is 6.42 Å². The van der Waals surface area contributed by atoms with Crippen molar-refractivity contribution in [3.63, 3.8) is 0 Å². The third-order valence-electron chi connectivity index (χ3n) is 2.75. The summed E-state index contributed by atoms with van der Waals surface area (Å²) in [5.41, 5.74) is 0. The van der Waals surface area contributed by atoms with Gasteiger partial charge in [0.2, 0.25) is 5.91 Å². The van der Waals surface area contributed by atoms with E-state index in [2.05, 4.69) is 4.98 Å². The number of rotatable bonds is 2. The monoisotopic (exact) mass is 223 g/mol. The highest BCUT2D eigenvalue weighted by Crippen LogP contribution is 2.16. The van der Waals surface area contributed by atoms with Crippen LogP contribution in [-0.2, 0) is 9.53 Å². The van der Waals surface area contributed by atoms with Crippen molar-refractivity contribution in [2.45, 2.75) is 18.9 Å². The lowest BCUT2D eigenvalue weighted by molar-refractivity contribution is -0.128. The summed E-state index contributed by atoms with van der Waals surface area (Å²) in [5, 5.41) is 0. The van der Waals surface area contributed by atoms with E-state index in [0.29, 0.717) is 6.42 Å². The van der Waals surface area contributed by atoms with E-state index in [-0.39, 0.29) is 18.6 Å². The summed E-state index contributed by atoms with van der Waals surface area (Å²) in [7, 11) is 1.73. The van der Waals surface area contributed by atoms with Crippen LogP contribution in [0.1, 0.15) is 12.8 Å². The van der Waals surface area contributed by atoms with Crippen molar-refractivity contribution in [1.82, 2.24) is 14.5 Å². The lowest BCUT2D eigenvalue weighted by Crippen LogP contribution is -2.33. The number of imidazole rings is 1. The van der Waals surface area contributed by atoms with Crippen LogP contribution >= 0.6 is 0 Å². The summed E-state index contributed by atoms with van der Waals surface area (Å²) in [6.07, 6.45) is 5.21. The van der Waals surface area contributed by atoms with Gasteiger partial charge < -0.3 is 9.64 Å². The van der Waals surface area contributed by atoms with Gasteiger partial charge in [-0.2, -0.15) is 0 Å². The summed E-state index contributed by atoms with van der Waals surface area (Å²) >= 11 is 0. The SMILES string of the molecule is CN1C(=O)CC[C@@H]1COC(=O)n1ccnc1. The van der Waals surface area contributed by atoms with Crippen molar-refractivity contribution in [2.24, 2.45) is 0 Å². The number of hydrogen-bond donors (Lipinski definition) is 0. The van der Waals surface area contributed by atoms with Crippen LogP contribution in [0.15, 0.2) is 18.7 Å². The first-order chi connectivity index (χ1) is 7.68. The molecule has 0 aromatic carbocycles. The molecule has 0 spiro atoms. The fourth-order valence-electron chi connectivity index (χ4n) is 1.67. The third-order valence-corrected chi connectivity index (χ3v) is 2.75. The maximum atomic E-state index is 11.4. The van der Waals surface area contributed by atoms with Crippen molar-refractivity contribution in [3.05, 3.63) is 18.7 Å². The molecule has 1 amide bonds. The number of likely N-dealkylation sites (N-methyl/N-ethyl adjacent to an activating group) is 1. The zero-order valence-electron chi connectivity index (χ0n) is 9.00. The van der Waals surface area contributed by atoms with Crippen LogP contribution < -0.4 is 0 Å².